The number of carbonyl (C=O) groups excluding carboxylic acids is 2. The van der Waals surface area contributed by atoms with Crippen molar-refractivity contribution in [3.63, 3.8) is 0 Å². The van der Waals surface area contributed by atoms with Gasteiger partial charge in [0.15, 0.2) is 5.78 Å². The normalized spacial score (nSPS) is 20.8. The Labute approximate surface area is 174 Å². The van der Waals surface area contributed by atoms with Crippen LogP contribution in [0, 0.1) is 6.92 Å². The minimum Gasteiger partial charge on any atom is -0.493 e. The second kappa shape index (κ2) is 10.2. The lowest BCUT2D eigenvalue weighted by atomic mass is 10.1. The van der Waals surface area contributed by atoms with E-state index in [2.05, 4.69) is 16.7 Å². The highest BCUT2D eigenvalue weighted by Gasteiger charge is 2.21. The average Bonchev–Trinajstić information content (AvgIpc) is 3.11. The lowest BCUT2D eigenvalue weighted by Crippen LogP contribution is -2.49. The van der Waals surface area contributed by atoms with Crippen molar-refractivity contribution in [2.45, 2.75) is 46.1 Å². The predicted molar refractivity (Wildman–Crippen MR) is 115 cm³/mol. The minimum absolute atomic E-state index is 0.108. The van der Waals surface area contributed by atoms with Gasteiger partial charge in [-0.15, -0.1) is 0 Å². The molecule has 1 atom stereocenters. The zero-order chi connectivity index (χ0) is 20.8. The molecule has 6 nitrogen and oxygen atoms in total. The van der Waals surface area contributed by atoms with E-state index in [1.54, 1.807) is 6.92 Å². The Morgan fingerprint density at radius 3 is 2.52 bits per heavy atom. The van der Waals surface area contributed by atoms with E-state index in [0.717, 1.165) is 42.9 Å². The van der Waals surface area contributed by atoms with Crippen LogP contribution in [0.4, 0.5) is 0 Å². The summed E-state index contributed by atoms with van der Waals surface area (Å²) < 4.78 is 5.96. The molecular weight excluding hydrogens is 366 g/mol. The van der Waals surface area contributed by atoms with Gasteiger partial charge in [0.25, 0.3) is 0 Å². The van der Waals surface area contributed by atoms with Gasteiger partial charge in [-0.2, -0.15) is 0 Å². The summed E-state index contributed by atoms with van der Waals surface area (Å²) in [7, 11) is 0. The van der Waals surface area contributed by atoms with Gasteiger partial charge in [0.1, 0.15) is 5.75 Å². The average molecular weight is 402 g/mol. The van der Waals surface area contributed by atoms with Crippen molar-refractivity contribution in [1.82, 2.24) is 14.7 Å². The van der Waals surface area contributed by atoms with E-state index < -0.39 is 0 Å². The molecule has 1 aromatic rings. The molecule has 3 rings (SSSR count). The number of carbonyl (C=O) groups is 2. The smallest absolute Gasteiger partial charge is 0.219 e. The number of hydrogen-bond donors (Lipinski definition) is 0. The van der Waals surface area contributed by atoms with E-state index >= 15 is 0 Å². The molecule has 160 valence electrons. The van der Waals surface area contributed by atoms with E-state index in [9.17, 15) is 9.59 Å². The van der Waals surface area contributed by atoms with Crippen molar-refractivity contribution in [2.75, 3.05) is 52.4 Å². The van der Waals surface area contributed by atoms with Gasteiger partial charge in [-0.05, 0) is 63.4 Å². The lowest BCUT2D eigenvalue weighted by molar-refractivity contribution is -0.130. The molecule has 2 aliphatic heterocycles. The molecule has 1 amide bonds. The number of piperazine rings is 1. The number of hydrogen-bond acceptors (Lipinski definition) is 5. The van der Waals surface area contributed by atoms with Crippen LogP contribution in [-0.4, -0.2) is 84.9 Å². The largest absolute Gasteiger partial charge is 0.493 e. The topological polar surface area (TPSA) is 53.1 Å². The molecule has 2 fully saturated rings. The number of ether oxygens (including phenoxy) is 1. The molecule has 2 heterocycles. The molecule has 2 aliphatic rings. The second-order valence-corrected chi connectivity index (χ2v) is 8.41. The van der Waals surface area contributed by atoms with E-state index in [1.807, 2.05) is 30.0 Å². The molecule has 0 aromatic heterocycles. The fraction of sp³-hybridized carbons (Fsp3) is 0.652. The molecule has 0 unspecified atom stereocenters. The lowest BCUT2D eigenvalue weighted by Gasteiger charge is -2.33. The maximum absolute atomic E-state index is 12.7. The molecule has 6 heteroatoms. The van der Waals surface area contributed by atoms with Gasteiger partial charge in [-0.1, -0.05) is 0 Å². The number of likely N-dealkylation sites (tertiary alicyclic amines) is 1. The van der Waals surface area contributed by atoms with Gasteiger partial charge >= 0.3 is 0 Å². The van der Waals surface area contributed by atoms with Crippen molar-refractivity contribution in [1.29, 1.82) is 0 Å². The standard InChI is InChI=1S/C23H35N3O3/c1-18-16-21(22(28)17-24-11-13-26(14-12-24)20(3)27)7-8-23(18)29-15-5-10-25-9-4-6-19(25)2/h7-8,16,19H,4-6,9-15,17H2,1-3H3/t19-/m1/s1. The van der Waals surface area contributed by atoms with E-state index in [-0.39, 0.29) is 11.7 Å². The van der Waals surface area contributed by atoms with E-state index in [4.69, 9.17) is 4.74 Å². The summed E-state index contributed by atoms with van der Waals surface area (Å²) in [5.41, 5.74) is 1.74. The van der Waals surface area contributed by atoms with Crippen molar-refractivity contribution >= 4 is 11.7 Å². The first-order valence-electron chi connectivity index (χ1n) is 10.9. The fourth-order valence-corrected chi connectivity index (χ4v) is 4.27. The molecule has 1 aromatic carbocycles. The van der Waals surface area contributed by atoms with Crippen molar-refractivity contribution in [3.05, 3.63) is 29.3 Å². The molecular formula is C23H35N3O3. The number of aryl methyl sites for hydroxylation is 1. The molecule has 0 radical (unpaired) electrons. The summed E-state index contributed by atoms with van der Waals surface area (Å²) in [4.78, 5) is 30.6. The van der Waals surface area contributed by atoms with Crippen LogP contribution in [0.3, 0.4) is 0 Å². The highest BCUT2D eigenvalue weighted by molar-refractivity contribution is 5.98. The fourth-order valence-electron chi connectivity index (χ4n) is 4.27. The Morgan fingerprint density at radius 1 is 1.14 bits per heavy atom. The first-order chi connectivity index (χ1) is 13.9. The molecule has 0 spiro atoms. The predicted octanol–water partition coefficient (Wildman–Crippen LogP) is 2.60. The Bertz CT molecular complexity index is 713. The van der Waals surface area contributed by atoms with Crippen LogP contribution in [0.15, 0.2) is 18.2 Å². The zero-order valence-corrected chi connectivity index (χ0v) is 18.2. The van der Waals surface area contributed by atoms with Crippen molar-refractivity contribution in [2.24, 2.45) is 0 Å². The number of amides is 1. The minimum atomic E-state index is 0.108. The molecule has 0 saturated carbocycles. The first-order valence-corrected chi connectivity index (χ1v) is 10.9. The highest BCUT2D eigenvalue weighted by atomic mass is 16.5. The summed E-state index contributed by atoms with van der Waals surface area (Å²) in [5, 5.41) is 0. The van der Waals surface area contributed by atoms with E-state index in [0.29, 0.717) is 32.3 Å². The van der Waals surface area contributed by atoms with Crippen LogP contribution in [0.5, 0.6) is 5.75 Å². The van der Waals surface area contributed by atoms with Crippen LogP contribution in [0.1, 0.15) is 49.0 Å². The highest BCUT2D eigenvalue weighted by Crippen LogP contribution is 2.21. The summed E-state index contributed by atoms with van der Waals surface area (Å²) in [6, 6.07) is 6.44. The van der Waals surface area contributed by atoms with E-state index in [1.165, 1.54) is 19.4 Å². The molecule has 0 bridgehead atoms. The Kier molecular flexibility index (Phi) is 7.67. The monoisotopic (exact) mass is 401 g/mol. The Hall–Kier alpha value is -1.92. The Morgan fingerprint density at radius 2 is 1.90 bits per heavy atom. The third-order valence-corrected chi connectivity index (χ3v) is 6.22. The third kappa shape index (κ3) is 6.03. The molecule has 29 heavy (non-hydrogen) atoms. The van der Waals surface area contributed by atoms with Crippen LogP contribution < -0.4 is 4.74 Å². The number of ketones is 1. The van der Waals surface area contributed by atoms with Gasteiger partial charge in [0.05, 0.1) is 13.2 Å². The zero-order valence-electron chi connectivity index (χ0n) is 18.2. The number of rotatable bonds is 8. The molecule has 2 saturated heterocycles. The maximum atomic E-state index is 12.7. The quantitative estimate of drug-likeness (QED) is 0.495. The van der Waals surface area contributed by atoms with Crippen LogP contribution >= 0.6 is 0 Å². The summed E-state index contributed by atoms with van der Waals surface area (Å²) in [5.74, 6) is 1.10. The second-order valence-electron chi connectivity index (χ2n) is 8.41. The number of benzene rings is 1. The van der Waals surface area contributed by atoms with Crippen molar-refractivity contribution < 1.29 is 14.3 Å². The van der Waals surface area contributed by atoms with Crippen molar-refractivity contribution in [3.8, 4) is 5.75 Å². The molecule has 0 N–H and O–H groups in total. The van der Waals surface area contributed by atoms with Crippen LogP contribution in [0.25, 0.3) is 0 Å². The summed E-state index contributed by atoms with van der Waals surface area (Å²) in [6.07, 6.45) is 3.64. The molecule has 0 aliphatic carbocycles. The summed E-state index contributed by atoms with van der Waals surface area (Å²) >= 11 is 0. The number of Topliss-reactive ketones (excluding diaryl/α,β-unsaturated/α-hetero) is 1. The van der Waals surface area contributed by atoms with Gasteiger partial charge in [0, 0.05) is 51.3 Å². The van der Waals surface area contributed by atoms with Gasteiger partial charge in [-0.3, -0.25) is 14.5 Å². The van der Waals surface area contributed by atoms with Gasteiger partial charge < -0.3 is 14.5 Å². The first kappa shape index (κ1) is 21.8. The SMILES string of the molecule is CC(=O)N1CCN(CC(=O)c2ccc(OCCCN3CCC[C@H]3C)c(C)c2)CC1. The summed E-state index contributed by atoms with van der Waals surface area (Å²) in [6.45, 7) is 12.2. The maximum Gasteiger partial charge on any atom is 0.219 e. The van der Waals surface area contributed by atoms with Gasteiger partial charge in [-0.25, -0.2) is 0 Å². The van der Waals surface area contributed by atoms with Crippen LogP contribution in [-0.2, 0) is 4.79 Å². The Balaban J connectivity index is 1.43. The van der Waals surface area contributed by atoms with Crippen LogP contribution in [0.2, 0.25) is 0 Å². The van der Waals surface area contributed by atoms with Gasteiger partial charge in [0.2, 0.25) is 5.91 Å². The third-order valence-electron chi connectivity index (χ3n) is 6.22. The number of nitrogens with zero attached hydrogens (tertiary/aromatic N) is 3.